The van der Waals surface area contributed by atoms with Crippen LogP contribution in [-0.2, 0) is 23.3 Å². The molecule has 2 saturated heterocycles. The maximum Gasteiger partial charge on any atom is 0.330 e. The minimum absolute atomic E-state index is 0.142. The zero-order valence-electron chi connectivity index (χ0n) is 19.9. The van der Waals surface area contributed by atoms with Crippen molar-refractivity contribution in [3.63, 3.8) is 0 Å². The van der Waals surface area contributed by atoms with Crippen molar-refractivity contribution in [3.8, 4) is 6.07 Å². The number of rotatable bonds is 10. The van der Waals surface area contributed by atoms with Crippen molar-refractivity contribution >= 4 is 8.53 Å². The third-order valence-corrected chi connectivity index (χ3v) is 7.34. The number of nitrogens with zero attached hydrogens (tertiary/aromatic N) is 3. The van der Waals surface area contributed by atoms with Gasteiger partial charge in [0, 0.05) is 24.3 Å². The lowest BCUT2D eigenvalue weighted by Crippen LogP contribution is -2.37. The summed E-state index contributed by atoms with van der Waals surface area (Å²) in [6.45, 7) is 12.2. The number of ether oxygens (including phenoxy) is 3. The Morgan fingerprint density at radius 3 is 2.48 bits per heavy atom. The van der Waals surface area contributed by atoms with Gasteiger partial charge in [-0.1, -0.05) is 0 Å². The average molecular weight is 484 g/mol. The molecule has 11 nitrogen and oxygen atoms in total. The van der Waals surface area contributed by atoms with Crippen LogP contribution in [0.25, 0.3) is 0 Å². The van der Waals surface area contributed by atoms with E-state index in [1.165, 1.54) is 16.8 Å². The van der Waals surface area contributed by atoms with Crippen molar-refractivity contribution in [2.75, 3.05) is 13.2 Å². The number of aromatic nitrogens is 2. The molecule has 0 spiro atoms. The largest absolute Gasteiger partial charge is 0.346 e. The Hall–Kier alpha value is -1.64. The fourth-order valence-corrected chi connectivity index (χ4v) is 5.71. The van der Waals surface area contributed by atoms with E-state index < -0.39 is 50.1 Å². The molecule has 12 heteroatoms. The topological polar surface area (TPSA) is 128 Å². The molecular formula is C21H33N4O7P. The van der Waals surface area contributed by atoms with Gasteiger partial charge in [0.15, 0.2) is 12.0 Å². The van der Waals surface area contributed by atoms with Gasteiger partial charge in [0.25, 0.3) is 14.1 Å². The first-order valence-corrected chi connectivity index (χ1v) is 12.2. The van der Waals surface area contributed by atoms with Gasteiger partial charge in [-0.05, 0) is 41.5 Å². The number of hydrogen-bond donors (Lipinski definition) is 1. The molecule has 2 fully saturated rings. The molecule has 0 radical (unpaired) electrons. The molecule has 1 aromatic rings. The number of nitrogens with one attached hydrogen (secondary N) is 1. The molecule has 0 aromatic carbocycles. The van der Waals surface area contributed by atoms with E-state index in [4.69, 9.17) is 28.5 Å². The molecule has 3 heterocycles. The Bertz CT molecular complexity index is 949. The second kappa shape index (κ2) is 10.7. The fourth-order valence-electron chi connectivity index (χ4n) is 4.10. The van der Waals surface area contributed by atoms with Crippen molar-refractivity contribution in [1.29, 1.82) is 5.26 Å². The van der Waals surface area contributed by atoms with Gasteiger partial charge in [-0.2, -0.15) is 5.26 Å². The van der Waals surface area contributed by atoms with E-state index in [9.17, 15) is 9.59 Å². The monoisotopic (exact) mass is 484 g/mol. The van der Waals surface area contributed by atoms with Crippen LogP contribution in [0.2, 0.25) is 0 Å². The van der Waals surface area contributed by atoms with Crippen LogP contribution in [0, 0.1) is 11.3 Å². The summed E-state index contributed by atoms with van der Waals surface area (Å²) in [5.41, 5.74) is -1.08. The van der Waals surface area contributed by atoms with Crippen molar-refractivity contribution in [2.24, 2.45) is 0 Å². The summed E-state index contributed by atoms with van der Waals surface area (Å²) >= 11 is 0. The molecule has 1 aromatic heterocycles. The average Bonchev–Trinajstić information content (AvgIpc) is 3.19. The minimum atomic E-state index is -1.46. The van der Waals surface area contributed by atoms with Crippen LogP contribution in [0.5, 0.6) is 0 Å². The lowest BCUT2D eigenvalue weighted by molar-refractivity contribution is -0.200. The van der Waals surface area contributed by atoms with Gasteiger partial charge in [0.05, 0.1) is 25.7 Å². The predicted molar refractivity (Wildman–Crippen MR) is 120 cm³/mol. The Labute approximate surface area is 194 Å². The molecular weight excluding hydrogens is 451 g/mol. The summed E-state index contributed by atoms with van der Waals surface area (Å²) in [5, 5.41) is 8.89. The molecule has 2 aliphatic heterocycles. The molecule has 2 aliphatic rings. The van der Waals surface area contributed by atoms with E-state index in [2.05, 4.69) is 43.4 Å². The first-order chi connectivity index (χ1) is 15.5. The molecule has 33 heavy (non-hydrogen) atoms. The highest BCUT2D eigenvalue weighted by Crippen LogP contribution is 2.48. The molecule has 0 amide bonds. The van der Waals surface area contributed by atoms with Crippen molar-refractivity contribution in [1.82, 2.24) is 14.2 Å². The van der Waals surface area contributed by atoms with Crippen LogP contribution in [-0.4, -0.2) is 63.6 Å². The highest BCUT2D eigenvalue weighted by Gasteiger charge is 2.56. The van der Waals surface area contributed by atoms with E-state index in [0.29, 0.717) is 0 Å². The van der Waals surface area contributed by atoms with Crippen molar-refractivity contribution < 1.29 is 23.3 Å². The Morgan fingerprint density at radius 1 is 1.21 bits per heavy atom. The third kappa shape index (κ3) is 6.08. The summed E-state index contributed by atoms with van der Waals surface area (Å²) in [7, 11) is -1.46. The standard InChI is InChI=1S/C21H33N4O7P/c1-13(2)25(14(3)4)33(28-11-7-9-22)29-12-15-17-18(32-21(5,6)31-17)19(30-15)24-10-8-16(26)23-20(24)27/h8,10,13-15,17-19H,7,11-12H2,1-6H3,(H,23,26,27)/t15-,17+,18?,19-,33?/m1/s1. The SMILES string of the molecule is CC(C)N(C(C)C)P(OCCC#N)OC[C@H]1O[C@@H](n2ccc(=O)[nH]c2=O)C2OC(C)(C)O[C@H]21. The number of fused-ring (bicyclic) bond motifs is 1. The fraction of sp³-hybridized carbons (Fsp3) is 0.762. The van der Waals surface area contributed by atoms with Crippen molar-refractivity contribution in [2.45, 2.75) is 90.4 Å². The van der Waals surface area contributed by atoms with Gasteiger partial charge in [0.1, 0.15) is 18.3 Å². The Kier molecular flexibility index (Phi) is 8.45. The molecule has 0 saturated carbocycles. The lowest BCUT2D eigenvalue weighted by Gasteiger charge is -2.36. The van der Waals surface area contributed by atoms with E-state index in [0.717, 1.165) is 0 Å². The molecule has 0 aliphatic carbocycles. The zero-order valence-corrected chi connectivity index (χ0v) is 20.8. The number of H-pyrrole nitrogens is 1. The molecule has 184 valence electrons. The Morgan fingerprint density at radius 2 is 1.88 bits per heavy atom. The second-order valence-electron chi connectivity index (χ2n) is 8.99. The minimum Gasteiger partial charge on any atom is -0.346 e. The first-order valence-electron chi connectivity index (χ1n) is 11.1. The number of aromatic amines is 1. The van der Waals surface area contributed by atoms with Crippen LogP contribution in [0.15, 0.2) is 21.9 Å². The number of hydrogen-bond acceptors (Lipinski definition) is 9. The molecule has 1 N–H and O–H groups in total. The van der Waals surface area contributed by atoms with Crippen LogP contribution in [0.1, 0.15) is 54.2 Å². The van der Waals surface area contributed by atoms with Gasteiger partial charge in [-0.15, -0.1) is 0 Å². The summed E-state index contributed by atoms with van der Waals surface area (Å²) < 4.78 is 33.9. The highest BCUT2D eigenvalue weighted by atomic mass is 31.2. The van der Waals surface area contributed by atoms with Gasteiger partial charge in [0.2, 0.25) is 0 Å². The molecule has 5 atom stereocenters. The van der Waals surface area contributed by atoms with Gasteiger partial charge in [-0.3, -0.25) is 14.3 Å². The van der Waals surface area contributed by atoms with E-state index in [-0.39, 0.29) is 31.7 Å². The van der Waals surface area contributed by atoms with E-state index >= 15 is 0 Å². The maximum absolute atomic E-state index is 12.4. The van der Waals surface area contributed by atoms with E-state index in [1.807, 2.05) is 0 Å². The van der Waals surface area contributed by atoms with Gasteiger partial charge in [-0.25, -0.2) is 9.46 Å². The van der Waals surface area contributed by atoms with Crippen LogP contribution < -0.4 is 11.2 Å². The van der Waals surface area contributed by atoms with Gasteiger partial charge < -0.3 is 23.3 Å². The molecule has 3 rings (SSSR count). The lowest BCUT2D eigenvalue weighted by atomic mass is 10.1. The second-order valence-corrected chi connectivity index (χ2v) is 10.4. The highest BCUT2D eigenvalue weighted by molar-refractivity contribution is 7.44. The number of nitriles is 1. The quantitative estimate of drug-likeness (QED) is 0.393. The Balaban J connectivity index is 1.79. The summed E-state index contributed by atoms with van der Waals surface area (Å²) in [6, 6.07) is 3.66. The zero-order chi connectivity index (χ0) is 24.3. The summed E-state index contributed by atoms with van der Waals surface area (Å²) in [5.74, 6) is -0.864. The first kappa shape index (κ1) is 26.0. The predicted octanol–water partition coefficient (Wildman–Crippen LogP) is 2.25. The van der Waals surface area contributed by atoms with Crippen molar-refractivity contribution in [3.05, 3.63) is 33.1 Å². The molecule has 0 bridgehead atoms. The summed E-state index contributed by atoms with van der Waals surface area (Å²) in [4.78, 5) is 26.1. The molecule has 2 unspecified atom stereocenters. The summed E-state index contributed by atoms with van der Waals surface area (Å²) in [6.07, 6.45) is -0.712. The third-order valence-electron chi connectivity index (χ3n) is 5.26. The van der Waals surface area contributed by atoms with Gasteiger partial charge >= 0.3 is 5.69 Å². The van der Waals surface area contributed by atoms with Crippen LogP contribution >= 0.6 is 8.53 Å². The van der Waals surface area contributed by atoms with Crippen LogP contribution in [0.3, 0.4) is 0 Å². The maximum atomic E-state index is 12.4. The smallest absolute Gasteiger partial charge is 0.330 e. The van der Waals surface area contributed by atoms with E-state index in [1.54, 1.807) is 13.8 Å². The normalized spacial score (nSPS) is 27.3. The van der Waals surface area contributed by atoms with Crippen LogP contribution in [0.4, 0.5) is 0 Å².